The van der Waals surface area contributed by atoms with Gasteiger partial charge in [-0.05, 0) is 161 Å². The lowest BCUT2D eigenvalue weighted by Crippen LogP contribution is -2.18. The summed E-state index contributed by atoms with van der Waals surface area (Å²) in [6.07, 6.45) is 0. The molecule has 13 rings (SSSR count). The third-order valence-electron chi connectivity index (χ3n) is 15.3. The number of rotatable bonds is 8. The quantitative estimate of drug-likeness (QED) is 0.140. The fourth-order valence-electron chi connectivity index (χ4n) is 12.3. The molecular weight excluding hydrogens is 845 g/mol. The lowest BCUT2D eigenvalue weighted by molar-refractivity contribution is 0.665. The molecule has 0 spiro atoms. The first-order valence-corrected chi connectivity index (χ1v) is 24.6. The highest BCUT2D eigenvalue weighted by atomic mass is 15.1. The van der Waals surface area contributed by atoms with Gasteiger partial charge in [0.15, 0.2) is 0 Å². The van der Waals surface area contributed by atoms with E-state index in [1.807, 2.05) is 0 Å². The van der Waals surface area contributed by atoms with Gasteiger partial charge in [0.2, 0.25) is 0 Å². The molecule has 0 atom stereocenters. The van der Waals surface area contributed by atoms with Crippen molar-refractivity contribution in [1.29, 1.82) is 0 Å². The minimum absolute atomic E-state index is 0.337. The Kier molecular flexibility index (Phi) is 9.58. The zero-order chi connectivity index (χ0) is 47.1. The molecule has 2 aliphatic carbocycles. The van der Waals surface area contributed by atoms with Crippen LogP contribution in [0.1, 0.15) is 49.9 Å². The molecule has 0 saturated carbocycles. The molecule has 0 N–H and O–H groups in total. The molecule has 2 nitrogen and oxygen atoms in total. The van der Waals surface area contributed by atoms with Crippen LogP contribution in [-0.2, 0) is 10.8 Å². The maximum atomic E-state index is 2.46. The fraction of sp³-hybridized carbons (Fsp3) is 0.0882. The van der Waals surface area contributed by atoms with Crippen LogP contribution in [0.15, 0.2) is 243 Å². The van der Waals surface area contributed by atoms with E-state index in [9.17, 15) is 0 Å². The smallest absolute Gasteiger partial charge is 0.0465 e. The number of hydrogen-bond acceptors (Lipinski definition) is 2. The average molecular weight is 897 g/mol. The second kappa shape index (κ2) is 16.1. The van der Waals surface area contributed by atoms with E-state index in [1.54, 1.807) is 0 Å². The second-order valence-corrected chi connectivity index (χ2v) is 20.0. The minimum Gasteiger partial charge on any atom is -0.310 e. The molecule has 70 heavy (non-hydrogen) atoms. The van der Waals surface area contributed by atoms with Crippen molar-refractivity contribution in [1.82, 2.24) is 0 Å². The van der Waals surface area contributed by atoms with Crippen LogP contribution in [0.4, 0.5) is 34.1 Å². The molecule has 2 heteroatoms. The maximum Gasteiger partial charge on any atom is 0.0465 e. The van der Waals surface area contributed by atoms with Gasteiger partial charge in [-0.1, -0.05) is 198 Å². The zero-order valence-electron chi connectivity index (χ0n) is 40.0. The lowest BCUT2D eigenvalue weighted by Gasteiger charge is -2.30. The molecule has 11 aromatic carbocycles. The average Bonchev–Trinajstić information content (AvgIpc) is 3.78. The normalized spacial score (nSPS) is 13.7. The number of fused-ring (bicyclic) bond motifs is 10. The van der Waals surface area contributed by atoms with Crippen LogP contribution < -0.4 is 9.80 Å². The van der Waals surface area contributed by atoms with Gasteiger partial charge in [0, 0.05) is 45.0 Å². The van der Waals surface area contributed by atoms with Gasteiger partial charge in [0.05, 0.1) is 0 Å². The van der Waals surface area contributed by atoms with Crippen molar-refractivity contribution >= 4 is 55.7 Å². The van der Waals surface area contributed by atoms with Crippen LogP contribution in [0.5, 0.6) is 0 Å². The van der Waals surface area contributed by atoms with Gasteiger partial charge in [0.1, 0.15) is 0 Å². The maximum absolute atomic E-state index is 2.46. The molecule has 0 aromatic heterocycles. The van der Waals surface area contributed by atoms with E-state index in [0.717, 1.165) is 34.1 Å². The molecule has 0 fully saturated rings. The first kappa shape index (κ1) is 41.7. The number of nitrogens with zero attached hydrogens (tertiary/aromatic N) is 2. The lowest BCUT2D eigenvalue weighted by atomic mass is 9.73. The summed E-state index contributed by atoms with van der Waals surface area (Å²) in [5.41, 5.74) is 21.9. The van der Waals surface area contributed by atoms with Crippen molar-refractivity contribution in [2.45, 2.75) is 38.5 Å². The Labute approximate surface area is 411 Å². The Morgan fingerprint density at radius 1 is 0.271 bits per heavy atom. The Morgan fingerprint density at radius 3 is 0.871 bits per heavy atom. The topological polar surface area (TPSA) is 6.48 Å². The van der Waals surface area contributed by atoms with Gasteiger partial charge >= 0.3 is 0 Å². The van der Waals surface area contributed by atoms with Crippen LogP contribution in [0.3, 0.4) is 0 Å². The molecule has 334 valence electrons. The number of para-hydroxylation sites is 4. The van der Waals surface area contributed by atoms with E-state index in [-0.39, 0.29) is 10.8 Å². The van der Waals surface area contributed by atoms with E-state index >= 15 is 0 Å². The summed E-state index contributed by atoms with van der Waals surface area (Å²) in [6.45, 7) is 9.80. The summed E-state index contributed by atoms with van der Waals surface area (Å²) in [6, 6.07) is 89.5. The van der Waals surface area contributed by atoms with E-state index in [2.05, 4.69) is 280 Å². The van der Waals surface area contributed by atoms with Gasteiger partial charge in [-0.3, -0.25) is 0 Å². The molecule has 0 radical (unpaired) electrons. The second-order valence-electron chi connectivity index (χ2n) is 20.0. The number of benzene rings is 11. The Bertz CT molecular complexity index is 3450. The van der Waals surface area contributed by atoms with E-state index in [4.69, 9.17) is 0 Å². The largest absolute Gasteiger partial charge is 0.310 e. The number of hydrogen-bond donors (Lipinski definition) is 0. The third-order valence-corrected chi connectivity index (χ3v) is 15.3. The predicted molar refractivity (Wildman–Crippen MR) is 297 cm³/mol. The highest BCUT2D eigenvalue weighted by molar-refractivity contribution is 6.26. The minimum atomic E-state index is -0.337. The summed E-state index contributed by atoms with van der Waals surface area (Å²) < 4.78 is 0. The zero-order valence-corrected chi connectivity index (χ0v) is 40.0. The molecular formula is C68H52N2. The van der Waals surface area contributed by atoms with Crippen molar-refractivity contribution in [2.75, 3.05) is 9.80 Å². The van der Waals surface area contributed by atoms with Crippen molar-refractivity contribution in [2.24, 2.45) is 0 Å². The van der Waals surface area contributed by atoms with Crippen LogP contribution in [0.2, 0.25) is 0 Å². The van der Waals surface area contributed by atoms with Crippen molar-refractivity contribution in [3.63, 3.8) is 0 Å². The Hall–Kier alpha value is -8.46. The summed E-state index contributed by atoms with van der Waals surface area (Å²) >= 11 is 0. The molecule has 0 aliphatic heterocycles. The first-order valence-electron chi connectivity index (χ1n) is 24.6. The van der Waals surface area contributed by atoms with Crippen molar-refractivity contribution in [3.8, 4) is 44.5 Å². The molecule has 0 bridgehead atoms. The Balaban J connectivity index is 1.07. The highest BCUT2D eigenvalue weighted by Crippen LogP contribution is 2.60. The summed E-state index contributed by atoms with van der Waals surface area (Å²) in [7, 11) is 0. The van der Waals surface area contributed by atoms with E-state index in [1.165, 1.54) is 88.3 Å². The summed E-state index contributed by atoms with van der Waals surface area (Å²) in [4.78, 5) is 4.77. The molecule has 0 unspecified atom stereocenters. The SMILES string of the molecule is CC1(C)c2cc(N(c3ccccc3)c3ccccc3)ccc2-c2ccc3c(-c4ccccc4)c4c5c(ccc4c(-c4ccccc4)c3c21)-c1ccc(N(c2ccccc2)c2ccccc2)cc1C5(C)C. The summed E-state index contributed by atoms with van der Waals surface area (Å²) in [5.74, 6) is 0. The van der Waals surface area contributed by atoms with E-state index < -0.39 is 0 Å². The summed E-state index contributed by atoms with van der Waals surface area (Å²) in [5, 5.41) is 5.23. The van der Waals surface area contributed by atoms with Crippen LogP contribution >= 0.6 is 0 Å². The third kappa shape index (κ3) is 6.33. The first-order chi connectivity index (χ1) is 34.3. The van der Waals surface area contributed by atoms with Crippen molar-refractivity contribution < 1.29 is 0 Å². The molecule has 0 amide bonds. The van der Waals surface area contributed by atoms with E-state index in [0.29, 0.717) is 0 Å². The van der Waals surface area contributed by atoms with Crippen molar-refractivity contribution in [3.05, 3.63) is 265 Å². The molecule has 0 heterocycles. The number of anilines is 6. The molecule has 11 aromatic rings. The van der Waals surface area contributed by atoms with Gasteiger partial charge in [-0.15, -0.1) is 0 Å². The van der Waals surface area contributed by atoms with Gasteiger partial charge in [-0.25, -0.2) is 0 Å². The standard InChI is InChI=1S/C68H52N2/c1-67(2)59-43-51(69(47-27-15-7-16-28-47)48-29-17-8-18-30-48)35-37-53(59)55-39-41-57-62(46-25-13-6-14-26-46)64-58(61(63(57)65(55)67)45-23-11-5-12-24-45)42-40-56-54-38-36-52(44-60(54)68(3,4)66(56)64)70(49-31-19-9-20-32-49)50-33-21-10-22-34-50/h5-44H,1-4H3. The van der Waals surface area contributed by atoms with Crippen LogP contribution in [0, 0.1) is 0 Å². The van der Waals surface area contributed by atoms with Crippen LogP contribution in [-0.4, -0.2) is 0 Å². The fourth-order valence-corrected chi connectivity index (χ4v) is 12.3. The van der Waals surface area contributed by atoms with Gasteiger partial charge in [0.25, 0.3) is 0 Å². The monoisotopic (exact) mass is 896 g/mol. The van der Waals surface area contributed by atoms with Gasteiger partial charge < -0.3 is 9.80 Å². The Morgan fingerprint density at radius 2 is 0.557 bits per heavy atom. The van der Waals surface area contributed by atoms with Gasteiger partial charge in [-0.2, -0.15) is 0 Å². The molecule has 0 saturated heterocycles. The molecule has 2 aliphatic rings. The predicted octanol–water partition coefficient (Wildman–Crippen LogP) is 18.9. The van der Waals surface area contributed by atoms with Crippen LogP contribution in [0.25, 0.3) is 66.1 Å². The highest BCUT2D eigenvalue weighted by Gasteiger charge is 2.42.